The van der Waals surface area contributed by atoms with Crippen molar-refractivity contribution in [1.82, 2.24) is 4.90 Å². The number of hydrogen-bond acceptors (Lipinski definition) is 3. The van der Waals surface area contributed by atoms with Crippen LogP contribution in [0.25, 0.3) is 0 Å². The molecule has 2 heterocycles. The summed E-state index contributed by atoms with van der Waals surface area (Å²) in [4.78, 5) is 14.9. The van der Waals surface area contributed by atoms with Gasteiger partial charge in [-0.3, -0.25) is 4.79 Å². The van der Waals surface area contributed by atoms with E-state index in [1.807, 2.05) is 0 Å². The zero-order valence-corrected chi connectivity index (χ0v) is 13.0. The van der Waals surface area contributed by atoms with Crippen LogP contribution >= 0.6 is 0 Å². The predicted molar refractivity (Wildman–Crippen MR) is 80.9 cm³/mol. The van der Waals surface area contributed by atoms with Crippen LogP contribution in [0.1, 0.15) is 64.2 Å². The Morgan fingerprint density at radius 1 is 0.952 bits per heavy atom. The van der Waals surface area contributed by atoms with E-state index in [9.17, 15) is 9.90 Å². The molecular formula is C17H29NO3. The fourth-order valence-corrected chi connectivity index (χ4v) is 4.39. The van der Waals surface area contributed by atoms with Gasteiger partial charge < -0.3 is 14.7 Å². The number of carbonyl (C=O) groups excluding carboxylic acids is 1. The molecule has 3 aliphatic rings. The van der Waals surface area contributed by atoms with Crippen molar-refractivity contribution in [3.05, 3.63) is 0 Å². The molecule has 4 unspecified atom stereocenters. The Morgan fingerprint density at radius 3 is 2.48 bits per heavy atom. The van der Waals surface area contributed by atoms with Gasteiger partial charge in [-0.15, -0.1) is 0 Å². The number of hydrogen-bond donors (Lipinski definition) is 1. The highest BCUT2D eigenvalue weighted by molar-refractivity contribution is 5.81. The first-order valence-corrected chi connectivity index (χ1v) is 8.87. The van der Waals surface area contributed by atoms with E-state index in [-0.39, 0.29) is 30.1 Å². The van der Waals surface area contributed by atoms with Gasteiger partial charge in [-0.2, -0.15) is 0 Å². The number of rotatable bonds is 2. The molecule has 0 aromatic rings. The largest absolute Gasteiger partial charge is 0.393 e. The van der Waals surface area contributed by atoms with Crippen molar-refractivity contribution in [1.29, 1.82) is 0 Å². The van der Waals surface area contributed by atoms with Crippen molar-refractivity contribution in [2.24, 2.45) is 5.92 Å². The van der Waals surface area contributed by atoms with Crippen LogP contribution in [0, 0.1) is 5.92 Å². The molecule has 3 rings (SSSR count). The number of ether oxygens (including phenoxy) is 1. The second-order valence-corrected chi connectivity index (χ2v) is 6.97. The fourth-order valence-electron chi connectivity index (χ4n) is 4.39. The summed E-state index contributed by atoms with van der Waals surface area (Å²) in [5, 5.41) is 10.4. The SMILES string of the molecule is O=C(C1CCCCO1)N1CCCCC1C1CCCCC1O. The number of carbonyl (C=O) groups is 1. The molecule has 120 valence electrons. The number of aliphatic hydroxyl groups is 1. The minimum Gasteiger partial charge on any atom is -0.393 e. The molecule has 1 amide bonds. The minimum absolute atomic E-state index is 0.192. The Balaban J connectivity index is 1.69. The molecule has 0 spiro atoms. The topological polar surface area (TPSA) is 49.8 Å². The lowest BCUT2D eigenvalue weighted by molar-refractivity contribution is -0.153. The maximum Gasteiger partial charge on any atom is 0.251 e. The van der Waals surface area contributed by atoms with Gasteiger partial charge in [0.05, 0.1) is 6.10 Å². The van der Waals surface area contributed by atoms with Gasteiger partial charge in [0.1, 0.15) is 6.10 Å². The zero-order valence-electron chi connectivity index (χ0n) is 13.0. The average molecular weight is 295 g/mol. The van der Waals surface area contributed by atoms with Gasteiger partial charge in [0, 0.05) is 25.1 Å². The van der Waals surface area contributed by atoms with Gasteiger partial charge in [-0.25, -0.2) is 0 Å². The first-order chi connectivity index (χ1) is 10.3. The van der Waals surface area contributed by atoms with Crippen LogP contribution in [0.2, 0.25) is 0 Å². The predicted octanol–water partition coefficient (Wildman–Crippen LogP) is 2.49. The molecule has 0 bridgehead atoms. The molecule has 3 fully saturated rings. The van der Waals surface area contributed by atoms with Crippen LogP contribution < -0.4 is 0 Å². The second-order valence-electron chi connectivity index (χ2n) is 6.97. The molecule has 4 nitrogen and oxygen atoms in total. The Labute approximate surface area is 127 Å². The van der Waals surface area contributed by atoms with Crippen molar-refractivity contribution in [2.45, 2.75) is 82.5 Å². The highest BCUT2D eigenvalue weighted by atomic mass is 16.5. The molecule has 21 heavy (non-hydrogen) atoms. The quantitative estimate of drug-likeness (QED) is 0.851. The smallest absolute Gasteiger partial charge is 0.251 e. The van der Waals surface area contributed by atoms with Crippen molar-refractivity contribution in [3.63, 3.8) is 0 Å². The number of nitrogens with zero attached hydrogens (tertiary/aromatic N) is 1. The van der Waals surface area contributed by atoms with E-state index in [4.69, 9.17) is 4.74 Å². The van der Waals surface area contributed by atoms with E-state index in [1.165, 1.54) is 12.8 Å². The molecule has 2 aliphatic heterocycles. The van der Waals surface area contributed by atoms with E-state index >= 15 is 0 Å². The van der Waals surface area contributed by atoms with Gasteiger partial charge in [0.25, 0.3) is 5.91 Å². The van der Waals surface area contributed by atoms with E-state index in [1.54, 1.807) is 0 Å². The third kappa shape index (κ3) is 3.42. The molecule has 1 saturated carbocycles. The molecule has 0 aromatic carbocycles. The van der Waals surface area contributed by atoms with Gasteiger partial charge >= 0.3 is 0 Å². The maximum absolute atomic E-state index is 12.8. The third-order valence-electron chi connectivity index (χ3n) is 5.56. The maximum atomic E-state index is 12.8. The monoisotopic (exact) mass is 295 g/mol. The average Bonchev–Trinajstić information content (AvgIpc) is 2.55. The summed E-state index contributed by atoms with van der Waals surface area (Å²) in [5.41, 5.74) is 0. The van der Waals surface area contributed by atoms with E-state index in [0.29, 0.717) is 0 Å². The van der Waals surface area contributed by atoms with Crippen LogP contribution in [0.15, 0.2) is 0 Å². The van der Waals surface area contributed by atoms with E-state index < -0.39 is 0 Å². The van der Waals surface area contributed by atoms with Crippen molar-refractivity contribution >= 4 is 5.91 Å². The number of aliphatic hydroxyl groups excluding tert-OH is 1. The Morgan fingerprint density at radius 2 is 1.71 bits per heavy atom. The molecule has 2 saturated heterocycles. The van der Waals surface area contributed by atoms with E-state index in [0.717, 1.165) is 64.5 Å². The summed E-state index contributed by atoms with van der Waals surface area (Å²) < 4.78 is 5.70. The van der Waals surface area contributed by atoms with Crippen LogP contribution in [0.5, 0.6) is 0 Å². The number of piperidine rings is 1. The third-order valence-corrected chi connectivity index (χ3v) is 5.56. The zero-order chi connectivity index (χ0) is 14.7. The first kappa shape index (κ1) is 15.3. The van der Waals surface area contributed by atoms with Crippen molar-refractivity contribution in [3.8, 4) is 0 Å². The van der Waals surface area contributed by atoms with Gasteiger partial charge in [0.15, 0.2) is 0 Å². The highest BCUT2D eigenvalue weighted by Crippen LogP contribution is 2.34. The minimum atomic E-state index is -0.222. The first-order valence-electron chi connectivity index (χ1n) is 8.87. The molecule has 0 aromatic heterocycles. The molecule has 4 heteroatoms. The lowest BCUT2D eigenvalue weighted by Crippen LogP contribution is -2.54. The van der Waals surface area contributed by atoms with Crippen LogP contribution in [0.4, 0.5) is 0 Å². The number of amides is 1. The van der Waals surface area contributed by atoms with Crippen LogP contribution in [-0.2, 0) is 9.53 Å². The molecule has 1 aliphatic carbocycles. The Bertz CT molecular complexity index is 354. The summed E-state index contributed by atoms with van der Waals surface area (Å²) in [7, 11) is 0. The van der Waals surface area contributed by atoms with Crippen LogP contribution in [0.3, 0.4) is 0 Å². The summed E-state index contributed by atoms with van der Waals surface area (Å²) in [6, 6.07) is 0.243. The molecular weight excluding hydrogens is 266 g/mol. The molecule has 1 N–H and O–H groups in total. The molecule has 0 radical (unpaired) electrons. The lowest BCUT2D eigenvalue weighted by Gasteiger charge is -2.45. The lowest BCUT2D eigenvalue weighted by atomic mass is 9.77. The van der Waals surface area contributed by atoms with Crippen molar-refractivity contribution < 1.29 is 14.6 Å². The summed E-state index contributed by atoms with van der Waals surface area (Å²) in [5.74, 6) is 0.476. The van der Waals surface area contributed by atoms with Crippen molar-refractivity contribution in [2.75, 3.05) is 13.2 Å². The fraction of sp³-hybridized carbons (Fsp3) is 0.941. The summed E-state index contributed by atoms with van der Waals surface area (Å²) in [6.07, 6.45) is 10.2. The van der Waals surface area contributed by atoms with Gasteiger partial charge in [-0.05, 0) is 51.4 Å². The summed E-state index contributed by atoms with van der Waals surface area (Å²) in [6.45, 7) is 1.58. The Hall–Kier alpha value is -0.610. The molecule has 4 atom stereocenters. The van der Waals surface area contributed by atoms with E-state index in [2.05, 4.69) is 4.90 Å². The Kier molecular flexibility index (Phi) is 5.17. The van der Waals surface area contributed by atoms with Gasteiger partial charge in [0.2, 0.25) is 0 Å². The highest BCUT2D eigenvalue weighted by Gasteiger charge is 2.39. The normalized spacial score (nSPS) is 38.2. The van der Waals surface area contributed by atoms with Crippen LogP contribution in [-0.4, -0.2) is 47.3 Å². The summed E-state index contributed by atoms with van der Waals surface area (Å²) >= 11 is 0. The second kappa shape index (κ2) is 7.10. The number of likely N-dealkylation sites (tertiary alicyclic amines) is 1. The standard InChI is InChI=1S/C17H29NO3/c19-15-9-2-1-7-13(15)14-8-3-5-11-18(14)17(20)16-10-4-6-12-21-16/h13-16,19H,1-12H2. The van der Waals surface area contributed by atoms with Gasteiger partial charge in [-0.1, -0.05) is 12.8 Å².